The molecule has 0 bridgehead atoms. The largest absolute Gasteiger partial charge is 0.573 e. The van der Waals surface area contributed by atoms with Crippen molar-refractivity contribution in [3.05, 3.63) is 53.6 Å². The smallest absolute Gasteiger partial charge is 0.493 e. The van der Waals surface area contributed by atoms with Gasteiger partial charge in [0.1, 0.15) is 5.75 Å². The molecular weight excluding hydrogens is 489 g/mol. The second-order valence-corrected chi connectivity index (χ2v) is 9.44. The predicted molar refractivity (Wildman–Crippen MR) is 130 cm³/mol. The van der Waals surface area contributed by atoms with Gasteiger partial charge in [0.15, 0.2) is 11.5 Å². The molecule has 1 heterocycles. The highest BCUT2D eigenvalue weighted by Crippen LogP contribution is 2.37. The van der Waals surface area contributed by atoms with E-state index in [1.165, 1.54) is 32.4 Å². The number of alkyl halides is 3. The molecule has 0 spiro atoms. The Labute approximate surface area is 213 Å². The molecule has 1 aliphatic heterocycles. The standard InChI is InChI=1S/C27H31F3N2O5/c1-35-23-12-11-18(15-24(23)36-2)26(34)32-14-13-21(20(16-32)17-7-3-4-8-17)31-25(33)19-9-5-6-10-22(19)37-27(28,29)30/h5-6,9-12,15,17,20-21H,3-4,7-8,13-14,16H2,1-2H3,(H,31,33)/t20-,21-/m1/s1. The summed E-state index contributed by atoms with van der Waals surface area (Å²) in [5, 5.41) is 2.96. The van der Waals surface area contributed by atoms with Gasteiger partial charge in [0.25, 0.3) is 11.8 Å². The van der Waals surface area contributed by atoms with E-state index in [1.807, 2.05) is 0 Å². The number of rotatable bonds is 7. The third-order valence-corrected chi connectivity index (χ3v) is 7.25. The van der Waals surface area contributed by atoms with Crippen LogP contribution in [0.4, 0.5) is 13.2 Å². The van der Waals surface area contributed by atoms with Gasteiger partial charge in [-0.25, -0.2) is 0 Å². The van der Waals surface area contributed by atoms with Crippen molar-refractivity contribution >= 4 is 11.8 Å². The van der Waals surface area contributed by atoms with Crippen molar-refractivity contribution in [1.82, 2.24) is 10.2 Å². The molecule has 7 nitrogen and oxygen atoms in total. The minimum atomic E-state index is -4.90. The normalized spacial score (nSPS) is 20.4. The van der Waals surface area contributed by atoms with E-state index >= 15 is 0 Å². The Morgan fingerprint density at radius 2 is 1.65 bits per heavy atom. The summed E-state index contributed by atoms with van der Waals surface area (Å²) in [7, 11) is 3.03. The Bertz CT molecular complexity index is 1120. The highest BCUT2D eigenvalue weighted by Gasteiger charge is 2.39. The molecule has 2 fully saturated rings. The lowest BCUT2D eigenvalue weighted by Crippen LogP contribution is -2.54. The molecule has 2 amide bonds. The SMILES string of the molecule is COc1ccc(C(=O)N2CC[C@@H](NC(=O)c3ccccc3OC(F)(F)F)[C@@H](C3CCCC3)C2)cc1OC. The number of hydrogen-bond donors (Lipinski definition) is 1. The number of likely N-dealkylation sites (tertiary alicyclic amines) is 1. The molecule has 2 aliphatic rings. The van der Waals surface area contributed by atoms with Crippen LogP contribution in [-0.2, 0) is 0 Å². The minimum absolute atomic E-state index is 0.0139. The van der Waals surface area contributed by atoms with Crippen LogP contribution < -0.4 is 19.5 Å². The lowest BCUT2D eigenvalue weighted by atomic mass is 9.80. The second-order valence-electron chi connectivity index (χ2n) is 9.44. The van der Waals surface area contributed by atoms with Crippen LogP contribution in [0.25, 0.3) is 0 Å². The number of piperidine rings is 1. The van der Waals surface area contributed by atoms with Crippen molar-refractivity contribution in [3.63, 3.8) is 0 Å². The Hall–Kier alpha value is -3.43. The number of methoxy groups -OCH3 is 2. The Kier molecular flexibility index (Phi) is 8.14. The highest BCUT2D eigenvalue weighted by molar-refractivity contribution is 5.97. The van der Waals surface area contributed by atoms with Crippen molar-refractivity contribution in [2.75, 3.05) is 27.3 Å². The lowest BCUT2D eigenvalue weighted by Gasteiger charge is -2.42. The van der Waals surface area contributed by atoms with Gasteiger partial charge in [0.05, 0.1) is 19.8 Å². The minimum Gasteiger partial charge on any atom is -0.493 e. The maximum absolute atomic E-state index is 13.4. The Morgan fingerprint density at radius 1 is 0.946 bits per heavy atom. The van der Waals surface area contributed by atoms with E-state index in [9.17, 15) is 22.8 Å². The van der Waals surface area contributed by atoms with E-state index < -0.39 is 18.0 Å². The van der Waals surface area contributed by atoms with E-state index in [0.29, 0.717) is 42.5 Å². The number of benzene rings is 2. The average molecular weight is 521 g/mol. The molecule has 0 radical (unpaired) electrons. The first-order valence-electron chi connectivity index (χ1n) is 12.4. The fourth-order valence-electron chi connectivity index (χ4n) is 5.47. The molecule has 4 rings (SSSR count). The molecule has 2 aromatic carbocycles. The Balaban J connectivity index is 1.51. The van der Waals surface area contributed by atoms with Crippen LogP contribution in [0.5, 0.6) is 17.2 Å². The van der Waals surface area contributed by atoms with Crippen molar-refractivity contribution in [2.45, 2.75) is 44.5 Å². The van der Waals surface area contributed by atoms with Crippen LogP contribution in [0.1, 0.15) is 52.8 Å². The van der Waals surface area contributed by atoms with Gasteiger partial charge in [-0.1, -0.05) is 37.8 Å². The number of ether oxygens (including phenoxy) is 3. The zero-order valence-corrected chi connectivity index (χ0v) is 20.8. The fourth-order valence-corrected chi connectivity index (χ4v) is 5.47. The quantitative estimate of drug-likeness (QED) is 0.553. The van der Waals surface area contributed by atoms with E-state index in [0.717, 1.165) is 31.7 Å². The highest BCUT2D eigenvalue weighted by atomic mass is 19.4. The van der Waals surface area contributed by atoms with Crippen LogP contribution in [-0.4, -0.2) is 56.4 Å². The molecule has 1 saturated carbocycles. The third-order valence-electron chi connectivity index (χ3n) is 7.25. The first-order valence-corrected chi connectivity index (χ1v) is 12.4. The van der Waals surface area contributed by atoms with Crippen molar-refractivity contribution in [3.8, 4) is 17.2 Å². The first kappa shape index (κ1) is 26.6. The van der Waals surface area contributed by atoms with Crippen LogP contribution in [0.3, 0.4) is 0 Å². The average Bonchev–Trinajstić information content (AvgIpc) is 3.42. The summed E-state index contributed by atoms with van der Waals surface area (Å²) >= 11 is 0. The fraction of sp³-hybridized carbons (Fsp3) is 0.481. The number of halogens is 3. The van der Waals surface area contributed by atoms with Crippen LogP contribution in [0.15, 0.2) is 42.5 Å². The van der Waals surface area contributed by atoms with Gasteiger partial charge < -0.3 is 24.4 Å². The lowest BCUT2D eigenvalue weighted by molar-refractivity contribution is -0.274. The van der Waals surface area contributed by atoms with Gasteiger partial charge in [-0.3, -0.25) is 9.59 Å². The van der Waals surface area contributed by atoms with Crippen molar-refractivity contribution < 1.29 is 37.0 Å². The maximum atomic E-state index is 13.4. The number of carbonyl (C=O) groups excluding carboxylic acids is 2. The first-order chi connectivity index (χ1) is 17.7. The van der Waals surface area contributed by atoms with Gasteiger partial charge in [0, 0.05) is 24.7 Å². The van der Waals surface area contributed by atoms with Crippen LogP contribution >= 0.6 is 0 Å². The maximum Gasteiger partial charge on any atom is 0.573 e. The second kappa shape index (κ2) is 11.3. The number of nitrogens with zero attached hydrogens (tertiary/aromatic N) is 1. The molecule has 2 atom stereocenters. The van der Waals surface area contributed by atoms with Crippen molar-refractivity contribution in [2.24, 2.45) is 11.8 Å². The summed E-state index contributed by atoms with van der Waals surface area (Å²) in [4.78, 5) is 28.2. The molecule has 200 valence electrons. The molecule has 10 heteroatoms. The van der Waals surface area contributed by atoms with E-state index in [2.05, 4.69) is 10.1 Å². The van der Waals surface area contributed by atoms with E-state index in [4.69, 9.17) is 9.47 Å². The number of amides is 2. The third kappa shape index (κ3) is 6.29. The van der Waals surface area contributed by atoms with E-state index in [1.54, 1.807) is 23.1 Å². The van der Waals surface area contributed by atoms with Gasteiger partial charge in [-0.15, -0.1) is 13.2 Å². The molecule has 0 unspecified atom stereocenters. The van der Waals surface area contributed by atoms with Crippen LogP contribution in [0.2, 0.25) is 0 Å². The summed E-state index contributed by atoms with van der Waals surface area (Å²) in [6, 6.07) is 10.1. The number of para-hydroxylation sites is 1. The number of hydrogen-bond acceptors (Lipinski definition) is 5. The molecule has 1 aliphatic carbocycles. The summed E-state index contributed by atoms with van der Waals surface area (Å²) in [5.74, 6) is -0.00854. The van der Waals surface area contributed by atoms with E-state index in [-0.39, 0.29) is 23.4 Å². The zero-order chi connectivity index (χ0) is 26.6. The molecule has 1 saturated heterocycles. The number of nitrogens with one attached hydrogen (secondary N) is 1. The van der Waals surface area contributed by atoms with Crippen molar-refractivity contribution in [1.29, 1.82) is 0 Å². The summed E-state index contributed by atoms with van der Waals surface area (Å²) < 4.78 is 53.2. The number of carbonyl (C=O) groups is 2. The summed E-state index contributed by atoms with van der Waals surface area (Å²) in [6.07, 6.45) is -0.277. The molecular formula is C27H31F3N2O5. The predicted octanol–water partition coefficient (Wildman–Crippen LogP) is 5.05. The van der Waals surface area contributed by atoms with Gasteiger partial charge in [-0.05, 0) is 48.6 Å². The van der Waals surface area contributed by atoms with Gasteiger partial charge in [0.2, 0.25) is 0 Å². The van der Waals surface area contributed by atoms with Gasteiger partial charge in [-0.2, -0.15) is 0 Å². The Morgan fingerprint density at radius 3 is 2.32 bits per heavy atom. The summed E-state index contributed by atoms with van der Waals surface area (Å²) in [5.41, 5.74) is 0.303. The molecule has 1 N–H and O–H groups in total. The molecule has 0 aromatic heterocycles. The van der Waals surface area contributed by atoms with Gasteiger partial charge >= 0.3 is 6.36 Å². The monoisotopic (exact) mass is 520 g/mol. The van der Waals surface area contributed by atoms with Crippen LogP contribution in [0, 0.1) is 11.8 Å². The summed E-state index contributed by atoms with van der Waals surface area (Å²) in [6.45, 7) is 0.853. The topological polar surface area (TPSA) is 77.1 Å². The zero-order valence-electron chi connectivity index (χ0n) is 20.8. The molecule has 37 heavy (non-hydrogen) atoms. The molecule has 2 aromatic rings.